The Labute approximate surface area is 275 Å². The Morgan fingerprint density at radius 2 is 1.84 bits per heavy atom. The van der Waals surface area contributed by atoms with Crippen LogP contribution in [-0.2, 0) is 16.1 Å². The van der Waals surface area contributed by atoms with Crippen LogP contribution in [0.3, 0.4) is 0 Å². The van der Waals surface area contributed by atoms with Crippen LogP contribution >= 0.6 is 46.7 Å². The van der Waals surface area contributed by atoms with Crippen LogP contribution in [0.2, 0.25) is 10.0 Å². The number of para-hydroxylation sites is 1. The van der Waals surface area contributed by atoms with E-state index in [1.165, 1.54) is 11.8 Å². The van der Waals surface area contributed by atoms with Gasteiger partial charge in [-0.2, -0.15) is 11.8 Å². The van der Waals surface area contributed by atoms with Crippen LogP contribution in [0.5, 0.6) is 0 Å². The van der Waals surface area contributed by atoms with Crippen molar-refractivity contribution in [3.05, 3.63) is 93.5 Å². The number of carbonyl (C=O) groups excluding carboxylic acids is 2. The smallest absolute Gasteiger partial charge is 0.407 e. The highest BCUT2D eigenvalue weighted by Gasteiger charge is 2.35. The number of anilines is 1. The zero-order valence-electron chi connectivity index (χ0n) is 23.9. The van der Waals surface area contributed by atoms with E-state index >= 15 is 0 Å². The van der Waals surface area contributed by atoms with Gasteiger partial charge in [-0.3, -0.25) is 9.59 Å². The Balaban J connectivity index is 1.34. The van der Waals surface area contributed by atoms with Crippen LogP contribution in [0.15, 0.2) is 71.6 Å². The molecule has 1 aliphatic rings. The van der Waals surface area contributed by atoms with Gasteiger partial charge in [-0.05, 0) is 54.3 Å². The van der Waals surface area contributed by atoms with Crippen molar-refractivity contribution in [1.29, 1.82) is 0 Å². The van der Waals surface area contributed by atoms with Gasteiger partial charge in [0.1, 0.15) is 6.61 Å². The lowest BCUT2D eigenvalue weighted by Crippen LogP contribution is -2.49. The first-order valence-electron chi connectivity index (χ1n) is 14.2. The summed E-state index contributed by atoms with van der Waals surface area (Å²) in [4.78, 5) is 37.6. The zero-order valence-corrected chi connectivity index (χ0v) is 27.1. The van der Waals surface area contributed by atoms with E-state index in [0.29, 0.717) is 39.0 Å². The van der Waals surface area contributed by atoms with Crippen molar-refractivity contribution >= 4 is 70.3 Å². The molecule has 1 fully saturated rings. The average Bonchev–Trinajstić information content (AvgIpc) is 3.34. The van der Waals surface area contributed by atoms with Gasteiger partial charge in [-0.25, -0.2) is 4.79 Å². The monoisotopic (exact) mass is 675 g/mol. The average molecular weight is 677 g/mol. The van der Waals surface area contributed by atoms with Crippen molar-refractivity contribution in [2.75, 3.05) is 11.5 Å². The number of nitrogens with two attached hydrogens (primary N) is 2. The summed E-state index contributed by atoms with van der Waals surface area (Å²) in [5.74, 6) is -0.223. The number of Topliss-reactive ketones (excluding diaryl/α,β-unsaturated/α-hetero) is 1. The number of benzene rings is 3. The minimum atomic E-state index is -0.800. The van der Waals surface area contributed by atoms with Gasteiger partial charge in [0, 0.05) is 51.3 Å². The highest BCUT2D eigenvalue weighted by atomic mass is 35.5. The summed E-state index contributed by atoms with van der Waals surface area (Å²) in [5.41, 5.74) is 15.2. The number of ketones is 1. The molecule has 0 aliphatic carbocycles. The topological polar surface area (TPSA) is 145 Å². The summed E-state index contributed by atoms with van der Waals surface area (Å²) < 4.78 is 5.46. The molecule has 44 heavy (non-hydrogen) atoms. The predicted octanol–water partition coefficient (Wildman–Crippen LogP) is 7.36. The summed E-state index contributed by atoms with van der Waals surface area (Å²) in [7, 11) is 0. The largest absolute Gasteiger partial charge is 0.481 e. The maximum atomic E-state index is 13.5. The van der Waals surface area contributed by atoms with Crippen molar-refractivity contribution in [3.8, 4) is 0 Å². The Morgan fingerprint density at radius 3 is 2.59 bits per heavy atom. The lowest BCUT2D eigenvalue weighted by atomic mass is 10.0. The van der Waals surface area contributed by atoms with Gasteiger partial charge < -0.3 is 26.6 Å². The molecule has 0 bridgehead atoms. The van der Waals surface area contributed by atoms with E-state index in [4.69, 9.17) is 44.5 Å². The zero-order chi connectivity index (χ0) is 31.6. The van der Waals surface area contributed by atoms with E-state index in [1.807, 2.05) is 30.3 Å². The maximum Gasteiger partial charge on any atom is 0.407 e. The van der Waals surface area contributed by atoms with E-state index in [0.717, 1.165) is 23.3 Å². The number of carboxylic acid groups (broad SMARTS) is 1. The molecule has 4 atom stereocenters. The molecule has 1 aliphatic heterocycles. The van der Waals surface area contributed by atoms with E-state index < -0.39 is 12.1 Å². The first-order valence-corrected chi connectivity index (χ1v) is 16.9. The fraction of sp³-hybridized carbons (Fsp3) is 0.344. The number of nitrogens with one attached hydrogen (secondary N) is 1. The van der Waals surface area contributed by atoms with E-state index in [9.17, 15) is 14.4 Å². The van der Waals surface area contributed by atoms with Crippen molar-refractivity contribution in [2.45, 2.75) is 66.2 Å². The van der Waals surface area contributed by atoms with E-state index in [1.54, 1.807) is 48.2 Å². The SMILES string of the molecule is Nc1ccccc1SC(CC(=O)c1cccc(COC(=O)N[C@@H]2CS[C@H](CCCCC(=O)O)[C@@H]2N)c1)c1ccc(Cl)c(Cl)c1. The second-order valence-electron chi connectivity index (χ2n) is 10.6. The van der Waals surface area contributed by atoms with E-state index in [2.05, 4.69) is 5.32 Å². The molecule has 1 heterocycles. The maximum absolute atomic E-state index is 13.5. The molecule has 12 heteroatoms. The quantitative estimate of drug-likeness (QED) is 0.0596. The standard InChI is InChI=1S/C32H35Cl2N3O5S2/c33-22-13-12-21(15-23(22)34)29(44-27-9-2-1-8-24(27)35)16-26(38)20-7-5-6-19(14-20)17-42-32(41)37-25-18-43-28(31(25)36)10-3-4-11-30(39)40/h1-2,5-9,12-15,25,28-29,31H,3-4,10-11,16-18,35-36H2,(H,37,41)(H,39,40)/t25-,28-,29?,31-/m1/s1. The molecule has 3 aromatic carbocycles. The van der Waals surface area contributed by atoms with Gasteiger partial charge in [0.05, 0.1) is 16.1 Å². The molecule has 6 N–H and O–H groups in total. The summed E-state index contributed by atoms with van der Waals surface area (Å²) in [6.07, 6.45) is 1.93. The number of amides is 1. The minimum absolute atomic E-state index is 0.00775. The summed E-state index contributed by atoms with van der Waals surface area (Å²) >= 11 is 15.6. The van der Waals surface area contributed by atoms with Crippen LogP contribution in [0.4, 0.5) is 10.5 Å². The molecular formula is C32H35Cl2N3O5S2. The van der Waals surface area contributed by atoms with Crippen LogP contribution < -0.4 is 16.8 Å². The van der Waals surface area contributed by atoms with Crippen molar-refractivity contribution in [3.63, 3.8) is 0 Å². The van der Waals surface area contributed by atoms with Gasteiger partial charge in [-0.1, -0.05) is 66.0 Å². The first-order chi connectivity index (χ1) is 21.1. The van der Waals surface area contributed by atoms with Gasteiger partial charge in [0.2, 0.25) is 0 Å². The molecule has 0 aromatic heterocycles. The summed E-state index contributed by atoms with van der Waals surface area (Å²) in [5, 5.41) is 12.4. The molecule has 4 rings (SSSR count). The molecule has 0 saturated carbocycles. The second-order valence-corrected chi connectivity index (χ2v) is 13.9. The summed E-state index contributed by atoms with van der Waals surface area (Å²) in [6.45, 7) is -0.00775. The Kier molecular flexibility index (Phi) is 12.7. The van der Waals surface area contributed by atoms with Crippen molar-refractivity contribution < 1.29 is 24.2 Å². The van der Waals surface area contributed by atoms with Crippen LogP contribution in [0, 0.1) is 0 Å². The number of hydrogen-bond acceptors (Lipinski definition) is 8. The predicted molar refractivity (Wildman–Crippen MR) is 179 cm³/mol. The molecule has 0 radical (unpaired) electrons. The number of nitrogen functional groups attached to an aromatic ring is 1. The van der Waals surface area contributed by atoms with Crippen LogP contribution in [0.25, 0.3) is 0 Å². The van der Waals surface area contributed by atoms with Gasteiger partial charge in [-0.15, -0.1) is 11.8 Å². The van der Waals surface area contributed by atoms with Gasteiger partial charge in [0.15, 0.2) is 5.78 Å². The molecule has 1 unspecified atom stereocenters. The number of carbonyl (C=O) groups is 3. The minimum Gasteiger partial charge on any atom is -0.481 e. The lowest BCUT2D eigenvalue weighted by molar-refractivity contribution is -0.137. The lowest BCUT2D eigenvalue weighted by Gasteiger charge is -2.20. The number of unbranched alkanes of at least 4 members (excludes halogenated alkanes) is 1. The number of rotatable bonds is 14. The van der Waals surface area contributed by atoms with Crippen molar-refractivity contribution in [1.82, 2.24) is 5.32 Å². The normalized spacial score (nSPS) is 18.5. The fourth-order valence-electron chi connectivity index (χ4n) is 4.89. The molecule has 1 saturated heterocycles. The third-order valence-electron chi connectivity index (χ3n) is 7.31. The molecule has 0 spiro atoms. The number of halogens is 2. The van der Waals surface area contributed by atoms with Crippen LogP contribution in [0.1, 0.15) is 58.8 Å². The molecule has 234 valence electrons. The third-order valence-corrected chi connectivity index (χ3v) is 10.9. The third kappa shape index (κ3) is 9.81. The Hall–Kier alpha value is -2.89. The number of alkyl carbamates (subject to hydrolysis) is 1. The molecule has 8 nitrogen and oxygen atoms in total. The second kappa shape index (κ2) is 16.4. The number of carboxylic acids is 1. The number of aliphatic carboxylic acids is 1. The molecule has 1 amide bonds. The van der Waals surface area contributed by atoms with Gasteiger partial charge in [0.25, 0.3) is 0 Å². The molecular weight excluding hydrogens is 641 g/mol. The highest BCUT2D eigenvalue weighted by molar-refractivity contribution is 8.00. The van der Waals surface area contributed by atoms with Gasteiger partial charge >= 0.3 is 12.1 Å². The Bertz CT molecular complexity index is 1480. The first kappa shape index (κ1) is 34.0. The fourth-order valence-corrected chi connectivity index (χ4v) is 7.89. The van der Waals surface area contributed by atoms with E-state index in [-0.39, 0.29) is 47.8 Å². The Morgan fingerprint density at radius 1 is 1.05 bits per heavy atom. The highest BCUT2D eigenvalue weighted by Crippen LogP contribution is 2.42. The summed E-state index contributed by atoms with van der Waals surface area (Å²) in [6, 6.07) is 19.4. The number of ether oxygens (including phenoxy) is 1. The van der Waals surface area contributed by atoms with Crippen LogP contribution in [-0.4, -0.2) is 46.0 Å². The molecule has 3 aromatic rings. The number of hydrogen-bond donors (Lipinski definition) is 4. The number of thioether (sulfide) groups is 2. The van der Waals surface area contributed by atoms with Crippen molar-refractivity contribution in [2.24, 2.45) is 5.73 Å².